The van der Waals surface area contributed by atoms with Crippen LogP contribution in [-0.4, -0.2) is 15.8 Å². The van der Waals surface area contributed by atoms with Crippen LogP contribution < -0.4 is 5.32 Å². The van der Waals surface area contributed by atoms with E-state index in [1.54, 1.807) is 0 Å². The van der Waals surface area contributed by atoms with Crippen molar-refractivity contribution in [3.63, 3.8) is 0 Å². The second-order valence-electron chi connectivity index (χ2n) is 6.50. The molecule has 3 aromatic rings. The summed E-state index contributed by atoms with van der Waals surface area (Å²) in [4.78, 5) is 15.9. The number of carbonyl (C=O) groups is 1. The van der Waals surface area contributed by atoms with E-state index in [4.69, 9.17) is 0 Å². The van der Waals surface area contributed by atoms with Gasteiger partial charge in [0, 0.05) is 47.9 Å². The summed E-state index contributed by atoms with van der Waals surface area (Å²) in [5, 5.41) is 3.58. The highest BCUT2D eigenvalue weighted by Gasteiger charge is 2.30. The first kappa shape index (κ1) is 15.6. The zero-order valence-electron chi connectivity index (χ0n) is 14.3. The summed E-state index contributed by atoms with van der Waals surface area (Å²) in [6.45, 7) is 0. The van der Waals surface area contributed by atoms with E-state index in [1.807, 2.05) is 42.7 Å². The fraction of sp³-hybridized carbons (Fsp3) is 0.238. The molecule has 1 N–H and O–H groups in total. The molecule has 1 aliphatic carbocycles. The Morgan fingerprint density at radius 3 is 2.64 bits per heavy atom. The van der Waals surface area contributed by atoms with Gasteiger partial charge in [0.1, 0.15) is 6.29 Å². The summed E-state index contributed by atoms with van der Waals surface area (Å²) in [5.74, 6) is -0.0447. The molecule has 4 rings (SSSR count). The predicted octanol–water partition coefficient (Wildman–Crippen LogP) is 4.45. The fourth-order valence-electron chi connectivity index (χ4n) is 3.87. The number of rotatable bonds is 4. The van der Waals surface area contributed by atoms with Crippen molar-refractivity contribution >= 4 is 17.7 Å². The monoisotopic (exact) mass is 331 g/mol. The molecule has 0 bridgehead atoms. The van der Waals surface area contributed by atoms with Gasteiger partial charge in [-0.25, -0.2) is 0 Å². The Morgan fingerprint density at radius 1 is 1.16 bits per heavy atom. The van der Waals surface area contributed by atoms with Crippen molar-refractivity contribution in [3.05, 3.63) is 66.1 Å². The molecule has 2 aromatic heterocycles. The highest BCUT2D eigenvalue weighted by Crippen LogP contribution is 2.44. The number of hydrogen-bond acceptors (Lipinski definition) is 3. The average molecular weight is 331 g/mol. The van der Waals surface area contributed by atoms with Gasteiger partial charge in [-0.15, -0.1) is 0 Å². The van der Waals surface area contributed by atoms with Crippen molar-refractivity contribution in [2.24, 2.45) is 7.05 Å². The molecule has 1 atom stereocenters. The Morgan fingerprint density at radius 2 is 1.92 bits per heavy atom. The third kappa shape index (κ3) is 2.74. The Hall–Kier alpha value is -2.88. The van der Waals surface area contributed by atoms with Gasteiger partial charge in [0.2, 0.25) is 0 Å². The number of hydrogen-bond donors (Lipinski definition) is 1. The number of anilines is 2. The zero-order chi connectivity index (χ0) is 17.2. The van der Waals surface area contributed by atoms with Crippen molar-refractivity contribution < 1.29 is 4.79 Å². The number of pyridine rings is 1. The molecule has 0 saturated carbocycles. The standard InChI is InChI=1S/C21H21N3O/c1-24-18-9-5-6-16(14-25)19(18)20(23-17-7-3-2-4-8-17)21(24)15-10-12-22-13-11-15/h2-4,7-8,10-14,16,23H,5-6,9H2,1H3. The van der Waals surface area contributed by atoms with Crippen molar-refractivity contribution in [1.29, 1.82) is 0 Å². The van der Waals surface area contributed by atoms with Crippen LogP contribution in [0, 0.1) is 0 Å². The minimum absolute atomic E-state index is 0.0447. The maximum atomic E-state index is 11.7. The SMILES string of the molecule is Cn1c2c(c(Nc3ccccc3)c1-c1ccncc1)C(C=O)CCC2. The molecule has 0 aliphatic heterocycles. The Balaban J connectivity index is 1.94. The minimum Gasteiger partial charge on any atom is -0.354 e. The molecule has 126 valence electrons. The zero-order valence-corrected chi connectivity index (χ0v) is 14.3. The third-order valence-corrected chi connectivity index (χ3v) is 5.02. The van der Waals surface area contributed by atoms with Gasteiger partial charge in [0.15, 0.2) is 0 Å². The number of aldehydes is 1. The molecule has 0 spiro atoms. The van der Waals surface area contributed by atoms with E-state index in [0.29, 0.717) is 0 Å². The van der Waals surface area contributed by atoms with Gasteiger partial charge in [0.25, 0.3) is 0 Å². The number of para-hydroxylation sites is 1. The summed E-state index contributed by atoms with van der Waals surface area (Å²) < 4.78 is 2.24. The molecular weight excluding hydrogens is 310 g/mol. The van der Waals surface area contributed by atoms with Crippen molar-refractivity contribution in [2.75, 3.05) is 5.32 Å². The lowest BCUT2D eigenvalue weighted by Gasteiger charge is -2.20. The fourth-order valence-corrected chi connectivity index (χ4v) is 3.87. The lowest BCUT2D eigenvalue weighted by Crippen LogP contribution is -2.12. The largest absolute Gasteiger partial charge is 0.354 e. The van der Waals surface area contributed by atoms with E-state index in [1.165, 1.54) is 5.69 Å². The molecular formula is C21H21N3O. The molecule has 4 nitrogen and oxygen atoms in total. The van der Waals surface area contributed by atoms with Crippen LogP contribution in [0.5, 0.6) is 0 Å². The number of nitrogens with zero attached hydrogens (tertiary/aromatic N) is 2. The van der Waals surface area contributed by atoms with E-state index in [0.717, 1.165) is 53.7 Å². The lowest BCUT2D eigenvalue weighted by atomic mass is 9.86. The van der Waals surface area contributed by atoms with Crippen LogP contribution in [0.4, 0.5) is 11.4 Å². The number of fused-ring (bicyclic) bond motifs is 1. The van der Waals surface area contributed by atoms with Crippen LogP contribution in [0.1, 0.15) is 30.0 Å². The second-order valence-corrected chi connectivity index (χ2v) is 6.50. The number of carbonyl (C=O) groups excluding carboxylic acids is 1. The molecule has 1 aromatic carbocycles. The van der Waals surface area contributed by atoms with Crippen LogP contribution in [0.2, 0.25) is 0 Å². The van der Waals surface area contributed by atoms with Crippen LogP contribution in [0.15, 0.2) is 54.9 Å². The van der Waals surface area contributed by atoms with E-state index >= 15 is 0 Å². The normalized spacial score (nSPS) is 16.3. The molecule has 0 amide bonds. The van der Waals surface area contributed by atoms with Crippen LogP contribution in [0.25, 0.3) is 11.3 Å². The van der Waals surface area contributed by atoms with E-state index in [-0.39, 0.29) is 5.92 Å². The minimum atomic E-state index is -0.0447. The second kappa shape index (κ2) is 6.55. The van der Waals surface area contributed by atoms with Gasteiger partial charge in [-0.05, 0) is 43.5 Å². The Bertz CT molecular complexity index is 885. The molecule has 0 radical (unpaired) electrons. The van der Waals surface area contributed by atoms with E-state index in [9.17, 15) is 4.79 Å². The van der Waals surface area contributed by atoms with Crippen LogP contribution >= 0.6 is 0 Å². The van der Waals surface area contributed by atoms with Gasteiger partial charge >= 0.3 is 0 Å². The first-order valence-electron chi connectivity index (χ1n) is 8.69. The maximum absolute atomic E-state index is 11.7. The predicted molar refractivity (Wildman–Crippen MR) is 100 cm³/mol. The summed E-state index contributed by atoms with van der Waals surface area (Å²) in [6, 6.07) is 14.2. The topological polar surface area (TPSA) is 46.9 Å². The molecule has 4 heteroatoms. The average Bonchev–Trinajstić information content (AvgIpc) is 2.95. The van der Waals surface area contributed by atoms with Gasteiger partial charge in [0.05, 0.1) is 11.4 Å². The summed E-state index contributed by atoms with van der Waals surface area (Å²) in [5.41, 5.74) is 6.71. The van der Waals surface area contributed by atoms with E-state index < -0.39 is 0 Å². The van der Waals surface area contributed by atoms with Crippen molar-refractivity contribution in [2.45, 2.75) is 25.2 Å². The van der Waals surface area contributed by atoms with Gasteiger partial charge in [-0.3, -0.25) is 4.98 Å². The number of aromatic nitrogens is 2. The molecule has 2 heterocycles. The first-order chi connectivity index (χ1) is 12.3. The molecule has 1 unspecified atom stereocenters. The van der Waals surface area contributed by atoms with Gasteiger partial charge in [-0.2, -0.15) is 0 Å². The summed E-state index contributed by atoms with van der Waals surface area (Å²) in [7, 11) is 2.10. The smallest absolute Gasteiger partial charge is 0.127 e. The van der Waals surface area contributed by atoms with Gasteiger partial charge in [-0.1, -0.05) is 18.2 Å². The van der Waals surface area contributed by atoms with Crippen molar-refractivity contribution in [3.8, 4) is 11.3 Å². The molecule has 0 saturated heterocycles. The molecule has 25 heavy (non-hydrogen) atoms. The Labute approximate surface area is 147 Å². The highest BCUT2D eigenvalue weighted by molar-refractivity contribution is 5.86. The Kier molecular flexibility index (Phi) is 4.10. The number of benzene rings is 1. The maximum Gasteiger partial charge on any atom is 0.127 e. The summed E-state index contributed by atoms with van der Waals surface area (Å²) >= 11 is 0. The van der Waals surface area contributed by atoms with Crippen LogP contribution in [-0.2, 0) is 18.3 Å². The lowest BCUT2D eigenvalue weighted by molar-refractivity contribution is -0.109. The van der Waals surface area contributed by atoms with Crippen LogP contribution in [0.3, 0.4) is 0 Å². The third-order valence-electron chi connectivity index (χ3n) is 5.02. The summed E-state index contributed by atoms with van der Waals surface area (Å²) in [6.07, 6.45) is 7.69. The van der Waals surface area contributed by atoms with Crippen molar-refractivity contribution in [1.82, 2.24) is 9.55 Å². The van der Waals surface area contributed by atoms with E-state index in [2.05, 4.69) is 34.0 Å². The molecule has 1 aliphatic rings. The highest BCUT2D eigenvalue weighted by atomic mass is 16.1. The van der Waals surface area contributed by atoms with Gasteiger partial charge < -0.3 is 14.7 Å². The number of nitrogens with one attached hydrogen (secondary N) is 1. The quantitative estimate of drug-likeness (QED) is 0.719. The molecule has 0 fully saturated rings. The first-order valence-corrected chi connectivity index (χ1v) is 8.69.